The first kappa shape index (κ1) is 15.4. The van der Waals surface area contributed by atoms with E-state index in [1.807, 2.05) is 12.1 Å². The summed E-state index contributed by atoms with van der Waals surface area (Å²) in [6, 6.07) is 4.97. The summed E-state index contributed by atoms with van der Waals surface area (Å²) < 4.78 is 10.0. The molecule has 1 atom stereocenters. The van der Waals surface area contributed by atoms with Crippen LogP contribution in [0.15, 0.2) is 18.2 Å². The number of ether oxygens (including phenoxy) is 2. The topological polar surface area (TPSA) is 55.8 Å². The molecule has 21 heavy (non-hydrogen) atoms. The number of benzene rings is 1. The fraction of sp³-hybridized carbons (Fsp3) is 0.500. The van der Waals surface area contributed by atoms with Gasteiger partial charge in [0.2, 0.25) is 0 Å². The molecule has 1 aliphatic rings. The molecule has 1 heterocycles. The smallest absolute Gasteiger partial charge is 0.328 e. The Labute approximate surface area is 124 Å². The molecule has 5 heteroatoms. The molecule has 1 amide bonds. The van der Waals surface area contributed by atoms with E-state index < -0.39 is 6.04 Å². The van der Waals surface area contributed by atoms with Gasteiger partial charge in [-0.25, -0.2) is 4.79 Å². The molecule has 0 aromatic heterocycles. The fourth-order valence-corrected chi connectivity index (χ4v) is 2.55. The molecule has 1 aromatic carbocycles. The van der Waals surface area contributed by atoms with Crippen LogP contribution in [0.2, 0.25) is 0 Å². The van der Waals surface area contributed by atoms with Crippen molar-refractivity contribution >= 4 is 11.9 Å². The van der Waals surface area contributed by atoms with Crippen LogP contribution in [0, 0.1) is 0 Å². The summed E-state index contributed by atoms with van der Waals surface area (Å²) in [5, 5.41) is 0. The molecule has 0 saturated carbocycles. The van der Waals surface area contributed by atoms with Crippen molar-refractivity contribution in [1.29, 1.82) is 0 Å². The summed E-state index contributed by atoms with van der Waals surface area (Å²) in [5.41, 5.74) is 1.61. The van der Waals surface area contributed by atoms with Crippen molar-refractivity contribution in [1.82, 2.24) is 4.90 Å². The summed E-state index contributed by atoms with van der Waals surface area (Å²) in [6.45, 7) is 2.67. The van der Waals surface area contributed by atoms with E-state index in [2.05, 4.69) is 6.92 Å². The number of amides is 1. The second-order valence-electron chi connectivity index (χ2n) is 5.10. The molecule has 2 rings (SSSR count). The number of hydrogen-bond acceptors (Lipinski definition) is 4. The number of aryl methyl sites for hydroxylation is 1. The summed E-state index contributed by atoms with van der Waals surface area (Å²) >= 11 is 0. The lowest BCUT2D eigenvalue weighted by molar-refractivity contribution is -0.149. The van der Waals surface area contributed by atoms with Gasteiger partial charge in [-0.1, -0.05) is 13.3 Å². The van der Waals surface area contributed by atoms with Crippen LogP contribution < -0.4 is 4.74 Å². The monoisotopic (exact) mass is 291 g/mol. The Bertz CT molecular complexity index is 541. The SMILES string of the molecule is CCCc1cc(C(=O)N2CCC2C(=O)OC)ccc1OC. The van der Waals surface area contributed by atoms with Gasteiger partial charge in [0.05, 0.1) is 14.2 Å². The van der Waals surface area contributed by atoms with E-state index in [-0.39, 0.29) is 11.9 Å². The summed E-state index contributed by atoms with van der Waals surface area (Å²) in [6.07, 6.45) is 2.49. The second kappa shape index (κ2) is 6.61. The lowest BCUT2D eigenvalue weighted by atomic mass is 9.99. The minimum Gasteiger partial charge on any atom is -0.496 e. The highest BCUT2D eigenvalue weighted by atomic mass is 16.5. The van der Waals surface area contributed by atoms with Gasteiger partial charge in [-0.05, 0) is 36.6 Å². The van der Waals surface area contributed by atoms with Crippen molar-refractivity contribution < 1.29 is 19.1 Å². The third-order valence-electron chi connectivity index (χ3n) is 3.80. The third kappa shape index (κ3) is 3.01. The summed E-state index contributed by atoms with van der Waals surface area (Å²) in [5.74, 6) is 0.315. The van der Waals surface area contributed by atoms with Gasteiger partial charge in [-0.3, -0.25) is 4.79 Å². The van der Waals surface area contributed by atoms with E-state index in [4.69, 9.17) is 9.47 Å². The highest BCUT2D eigenvalue weighted by molar-refractivity contribution is 5.98. The van der Waals surface area contributed by atoms with Crippen LogP contribution in [-0.2, 0) is 16.0 Å². The summed E-state index contributed by atoms with van der Waals surface area (Å²) in [4.78, 5) is 25.6. The van der Waals surface area contributed by atoms with Crippen molar-refractivity contribution in [3.63, 3.8) is 0 Å². The Hall–Kier alpha value is -2.04. The number of hydrogen-bond donors (Lipinski definition) is 0. The number of carbonyl (C=O) groups is 2. The van der Waals surface area contributed by atoms with Crippen LogP contribution in [0.5, 0.6) is 5.75 Å². The lowest BCUT2D eigenvalue weighted by Crippen LogP contribution is -2.55. The molecule has 1 aliphatic heterocycles. The van der Waals surface area contributed by atoms with Gasteiger partial charge in [0, 0.05) is 12.1 Å². The number of methoxy groups -OCH3 is 2. The number of likely N-dealkylation sites (tertiary alicyclic amines) is 1. The van der Waals surface area contributed by atoms with E-state index in [0.717, 1.165) is 24.2 Å². The number of rotatable bonds is 5. The highest BCUT2D eigenvalue weighted by Gasteiger charge is 2.38. The molecule has 0 aliphatic carbocycles. The molecule has 0 bridgehead atoms. The van der Waals surface area contributed by atoms with Crippen LogP contribution >= 0.6 is 0 Å². The molecule has 114 valence electrons. The Morgan fingerprint density at radius 3 is 2.62 bits per heavy atom. The Balaban J connectivity index is 2.19. The van der Waals surface area contributed by atoms with Crippen molar-refractivity contribution in [2.45, 2.75) is 32.2 Å². The molecule has 1 saturated heterocycles. The average molecular weight is 291 g/mol. The van der Waals surface area contributed by atoms with Crippen LogP contribution in [0.1, 0.15) is 35.7 Å². The average Bonchev–Trinajstić information content (AvgIpc) is 2.46. The van der Waals surface area contributed by atoms with Crippen molar-refractivity contribution in [2.24, 2.45) is 0 Å². The zero-order valence-electron chi connectivity index (χ0n) is 12.7. The maximum atomic E-state index is 12.5. The van der Waals surface area contributed by atoms with Crippen LogP contribution in [0.4, 0.5) is 0 Å². The normalized spacial score (nSPS) is 17.1. The Morgan fingerprint density at radius 1 is 1.33 bits per heavy atom. The number of esters is 1. The van der Waals surface area contributed by atoms with Crippen molar-refractivity contribution in [3.05, 3.63) is 29.3 Å². The molecular formula is C16H21NO4. The molecule has 1 unspecified atom stereocenters. The maximum absolute atomic E-state index is 12.5. The van der Waals surface area contributed by atoms with Gasteiger partial charge in [0.1, 0.15) is 11.8 Å². The van der Waals surface area contributed by atoms with Crippen LogP contribution in [0.3, 0.4) is 0 Å². The molecule has 0 radical (unpaired) electrons. The van der Waals surface area contributed by atoms with E-state index in [0.29, 0.717) is 18.5 Å². The zero-order chi connectivity index (χ0) is 15.4. The number of carbonyl (C=O) groups excluding carboxylic acids is 2. The van der Waals surface area contributed by atoms with Gasteiger partial charge in [0.25, 0.3) is 5.91 Å². The van der Waals surface area contributed by atoms with Gasteiger partial charge < -0.3 is 14.4 Å². The Morgan fingerprint density at radius 2 is 2.10 bits per heavy atom. The predicted octanol–water partition coefficient (Wildman–Crippen LogP) is 2.04. The zero-order valence-corrected chi connectivity index (χ0v) is 12.7. The Kier molecular flexibility index (Phi) is 4.83. The number of nitrogens with zero attached hydrogens (tertiary/aromatic N) is 1. The van der Waals surface area contributed by atoms with E-state index in [1.165, 1.54) is 7.11 Å². The predicted molar refractivity (Wildman–Crippen MR) is 78.4 cm³/mol. The highest BCUT2D eigenvalue weighted by Crippen LogP contribution is 2.25. The molecular weight excluding hydrogens is 270 g/mol. The standard InChI is InChI=1S/C16H21NO4/c1-4-5-11-10-12(6-7-14(11)20-2)15(18)17-9-8-13(17)16(19)21-3/h6-7,10,13H,4-5,8-9H2,1-3H3. The van der Waals surface area contributed by atoms with Crippen molar-refractivity contribution in [3.8, 4) is 5.75 Å². The lowest BCUT2D eigenvalue weighted by Gasteiger charge is -2.38. The molecule has 5 nitrogen and oxygen atoms in total. The van der Waals surface area contributed by atoms with Crippen molar-refractivity contribution in [2.75, 3.05) is 20.8 Å². The molecule has 0 spiro atoms. The van der Waals surface area contributed by atoms with Gasteiger partial charge in [-0.15, -0.1) is 0 Å². The molecule has 0 N–H and O–H groups in total. The molecule has 1 fully saturated rings. The van der Waals surface area contributed by atoms with E-state index in [9.17, 15) is 9.59 Å². The van der Waals surface area contributed by atoms with E-state index >= 15 is 0 Å². The third-order valence-corrected chi connectivity index (χ3v) is 3.80. The largest absolute Gasteiger partial charge is 0.496 e. The van der Waals surface area contributed by atoms with E-state index in [1.54, 1.807) is 18.1 Å². The van der Waals surface area contributed by atoms with Crippen LogP contribution in [-0.4, -0.2) is 43.6 Å². The van der Waals surface area contributed by atoms with Gasteiger partial charge in [-0.2, -0.15) is 0 Å². The van der Waals surface area contributed by atoms with Gasteiger partial charge >= 0.3 is 5.97 Å². The fourth-order valence-electron chi connectivity index (χ4n) is 2.55. The second-order valence-corrected chi connectivity index (χ2v) is 5.10. The summed E-state index contributed by atoms with van der Waals surface area (Å²) in [7, 11) is 2.97. The maximum Gasteiger partial charge on any atom is 0.328 e. The quantitative estimate of drug-likeness (QED) is 0.779. The molecule has 1 aromatic rings. The first-order valence-corrected chi connectivity index (χ1v) is 7.18. The minimum atomic E-state index is -0.445. The van der Waals surface area contributed by atoms with Crippen LogP contribution in [0.25, 0.3) is 0 Å². The first-order valence-electron chi connectivity index (χ1n) is 7.18. The van der Waals surface area contributed by atoms with Gasteiger partial charge in [0.15, 0.2) is 0 Å². The first-order chi connectivity index (χ1) is 10.1. The minimum absolute atomic E-state index is 0.128.